The number of halogens is 1. The quantitative estimate of drug-likeness (QED) is 0.884. The van der Waals surface area contributed by atoms with Crippen molar-refractivity contribution < 1.29 is 17.6 Å². The fraction of sp³-hybridized carbons (Fsp3) is 0.214. The van der Waals surface area contributed by atoms with Gasteiger partial charge in [-0.1, -0.05) is 24.3 Å². The summed E-state index contributed by atoms with van der Waals surface area (Å²) in [6.07, 6.45) is 0. The van der Waals surface area contributed by atoms with E-state index in [0.717, 1.165) is 4.88 Å². The van der Waals surface area contributed by atoms with Gasteiger partial charge >= 0.3 is 0 Å². The summed E-state index contributed by atoms with van der Waals surface area (Å²) in [6.45, 7) is 0.297. The van der Waals surface area contributed by atoms with Gasteiger partial charge in [-0.3, -0.25) is 4.79 Å². The largest absolute Gasteiger partial charge is 0.350 e. The number of nitrogens with one attached hydrogen (secondary N) is 1. The minimum Gasteiger partial charge on any atom is -0.350 e. The Morgan fingerprint density at radius 1 is 1.19 bits per heavy atom. The van der Waals surface area contributed by atoms with Crippen LogP contribution in [0.2, 0.25) is 0 Å². The lowest BCUT2D eigenvalue weighted by atomic mass is 10.2. The zero-order valence-corrected chi connectivity index (χ0v) is 12.7. The molecule has 1 amide bonds. The third-order valence-electron chi connectivity index (χ3n) is 2.72. The van der Waals surface area contributed by atoms with Crippen LogP contribution < -0.4 is 5.32 Å². The van der Waals surface area contributed by atoms with E-state index in [1.165, 1.54) is 29.5 Å². The monoisotopic (exact) mass is 327 g/mol. The van der Waals surface area contributed by atoms with E-state index in [1.54, 1.807) is 6.07 Å². The van der Waals surface area contributed by atoms with E-state index >= 15 is 0 Å². The second-order valence-electron chi connectivity index (χ2n) is 4.48. The van der Waals surface area contributed by atoms with Gasteiger partial charge in [-0.2, -0.15) is 0 Å². The highest BCUT2D eigenvalue weighted by molar-refractivity contribution is 7.91. The van der Waals surface area contributed by atoms with Crippen LogP contribution in [-0.2, 0) is 26.9 Å². The lowest BCUT2D eigenvalue weighted by Gasteiger charge is -2.06. The van der Waals surface area contributed by atoms with Crippen LogP contribution in [0.3, 0.4) is 0 Å². The number of sulfone groups is 1. The van der Waals surface area contributed by atoms with E-state index in [0.29, 0.717) is 6.54 Å². The van der Waals surface area contributed by atoms with Gasteiger partial charge in [0.1, 0.15) is 11.6 Å². The van der Waals surface area contributed by atoms with E-state index < -0.39 is 33.1 Å². The first-order chi connectivity index (χ1) is 9.96. The number of rotatable bonds is 6. The van der Waals surface area contributed by atoms with Crippen LogP contribution in [0.15, 0.2) is 41.8 Å². The smallest absolute Gasteiger partial charge is 0.235 e. The molecule has 2 aromatic rings. The second kappa shape index (κ2) is 6.82. The summed E-state index contributed by atoms with van der Waals surface area (Å²) in [6, 6.07) is 9.34. The average molecular weight is 327 g/mol. The van der Waals surface area contributed by atoms with Crippen molar-refractivity contribution in [2.45, 2.75) is 12.3 Å². The van der Waals surface area contributed by atoms with Crippen LogP contribution in [-0.4, -0.2) is 20.1 Å². The molecule has 2 rings (SSSR count). The molecule has 0 bridgehead atoms. The van der Waals surface area contributed by atoms with E-state index in [1.807, 2.05) is 17.5 Å². The fourth-order valence-electron chi connectivity index (χ4n) is 1.75. The first-order valence-corrected chi connectivity index (χ1v) is 8.89. The minimum atomic E-state index is -3.70. The molecule has 4 nitrogen and oxygen atoms in total. The highest BCUT2D eigenvalue weighted by Crippen LogP contribution is 2.11. The molecule has 0 fully saturated rings. The highest BCUT2D eigenvalue weighted by Gasteiger charge is 2.19. The Morgan fingerprint density at radius 2 is 1.95 bits per heavy atom. The Morgan fingerprint density at radius 3 is 2.62 bits per heavy atom. The molecule has 0 spiro atoms. The van der Waals surface area contributed by atoms with Crippen molar-refractivity contribution in [2.24, 2.45) is 0 Å². The molecule has 21 heavy (non-hydrogen) atoms. The van der Waals surface area contributed by atoms with Crippen molar-refractivity contribution in [2.75, 3.05) is 5.75 Å². The molecule has 0 saturated heterocycles. The molecule has 0 atom stereocenters. The normalized spacial score (nSPS) is 11.3. The highest BCUT2D eigenvalue weighted by atomic mass is 32.2. The third-order valence-corrected chi connectivity index (χ3v) is 5.05. The van der Waals surface area contributed by atoms with E-state index in [-0.39, 0.29) is 5.56 Å². The molecule has 0 unspecified atom stereocenters. The van der Waals surface area contributed by atoms with Crippen LogP contribution in [0.4, 0.5) is 4.39 Å². The molecule has 1 heterocycles. The third kappa shape index (κ3) is 4.95. The number of benzene rings is 1. The maximum Gasteiger partial charge on any atom is 0.235 e. The summed E-state index contributed by atoms with van der Waals surface area (Å²) >= 11 is 1.47. The molecule has 1 aromatic heterocycles. The van der Waals surface area contributed by atoms with Gasteiger partial charge in [0.25, 0.3) is 0 Å². The lowest BCUT2D eigenvalue weighted by molar-refractivity contribution is -0.118. The van der Waals surface area contributed by atoms with Crippen LogP contribution in [0, 0.1) is 5.82 Å². The summed E-state index contributed by atoms with van der Waals surface area (Å²) < 4.78 is 37.2. The standard InChI is InChI=1S/C14H14FNO3S2/c15-13-6-2-1-4-11(13)9-21(18,19)10-14(17)16-8-12-5-3-7-20-12/h1-7H,8-10H2,(H,16,17). The van der Waals surface area contributed by atoms with Crippen LogP contribution >= 0.6 is 11.3 Å². The van der Waals surface area contributed by atoms with Crippen molar-refractivity contribution in [1.82, 2.24) is 5.32 Å². The van der Waals surface area contributed by atoms with Gasteiger partial charge < -0.3 is 5.32 Å². The number of hydrogen-bond acceptors (Lipinski definition) is 4. The van der Waals surface area contributed by atoms with Gasteiger partial charge in [0, 0.05) is 10.4 Å². The molecular weight excluding hydrogens is 313 g/mol. The lowest BCUT2D eigenvalue weighted by Crippen LogP contribution is -2.30. The van der Waals surface area contributed by atoms with Crippen molar-refractivity contribution in [3.05, 3.63) is 58.0 Å². The first-order valence-electron chi connectivity index (χ1n) is 6.19. The molecule has 0 saturated carbocycles. The molecule has 7 heteroatoms. The summed E-state index contributed by atoms with van der Waals surface area (Å²) in [5.41, 5.74) is 0.0727. The predicted octanol–water partition coefficient (Wildman–Crippen LogP) is 2.12. The zero-order chi connectivity index (χ0) is 15.3. The number of hydrogen-bond donors (Lipinski definition) is 1. The van der Waals surface area contributed by atoms with Crippen molar-refractivity contribution in [3.63, 3.8) is 0 Å². The summed E-state index contributed by atoms with van der Waals surface area (Å²) in [4.78, 5) is 12.6. The average Bonchev–Trinajstić information content (AvgIpc) is 2.91. The van der Waals surface area contributed by atoms with E-state index in [2.05, 4.69) is 5.32 Å². The van der Waals surface area contributed by atoms with E-state index in [4.69, 9.17) is 0 Å². The Bertz CT molecular complexity index is 712. The van der Waals surface area contributed by atoms with Gasteiger partial charge in [-0.05, 0) is 17.5 Å². The van der Waals surface area contributed by atoms with Gasteiger partial charge in [0.2, 0.25) is 5.91 Å². The van der Waals surface area contributed by atoms with Crippen LogP contribution in [0.5, 0.6) is 0 Å². The summed E-state index contributed by atoms with van der Waals surface area (Å²) in [7, 11) is -3.70. The van der Waals surface area contributed by atoms with Gasteiger partial charge in [0.05, 0.1) is 12.3 Å². The van der Waals surface area contributed by atoms with Gasteiger partial charge in [-0.15, -0.1) is 11.3 Å². The Labute approximate surface area is 126 Å². The fourth-order valence-corrected chi connectivity index (χ4v) is 3.71. The molecule has 0 radical (unpaired) electrons. The topological polar surface area (TPSA) is 63.2 Å². The maximum absolute atomic E-state index is 13.4. The number of thiophene rings is 1. The van der Waals surface area contributed by atoms with E-state index in [9.17, 15) is 17.6 Å². The molecule has 112 valence electrons. The zero-order valence-electron chi connectivity index (χ0n) is 11.1. The molecule has 0 aliphatic rings. The van der Waals surface area contributed by atoms with Crippen molar-refractivity contribution in [3.8, 4) is 0 Å². The summed E-state index contributed by atoms with van der Waals surface area (Å²) in [5, 5.41) is 4.41. The summed E-state index contributed by atoms with van der Waals surface area (Å²) in [5.74, 6) is -2.29. The molecule has 1 N–H and O–H groups in total. The number of carbonyl (C=O) groups is 1. The molecule has 1 aromatic carbocycles. The maximum atomic E-state index is 13.4. The Hall–Kier alpha value is -1.73. The van der Waals surface area contributed by atoms with Crippen molar-refractivity contribution >= 4 is 27.1 Å². The second-order valence-corrected chi connectivity index (χ2v) is 7.58. The number of carbonyl (C=O) groups excluding carboxylic acids is 1. The predicted molar refractivity (Wildman–Crippen MR) is 80.1 cm³/mol. The number of amides is 1. The van der Waals surface area contributed by atoms with Crippen molar-refractivity contribution in [1.29, 1.82) is 0 Å². The SMILES string of the molecule is O=C(CS(=O)(=O)Cc1ccccc1F)NCc1cccs1. The minimum absolute atomic E-state index is 0.0727. The Kier molecular flexibility index (Phi) is 5.08. The molecular formula is C14H14FNO3S2. The van der Waals surface area contributed by atoms with Gasteiger partial charge in [0.15, 0.2) is 9.84 Å². The molecule has 0 aliphatic heterocycles. The Balaban J connectivity index is 1.91. The first kappa shape index (κ1) is 15.7. The molecule has 0 aliphatic carbocycles. The van der Waals surface area contributed by atoms with Crippen LogP contribution in [0.25, 0.3) is 0 Å². The van der Waals surface area contributed by atoms with Crippen LogP contribution in [0.1, 0.15) is 10.4 Å². The van der Waals surface area contributed by atoms with Gasteiger partial charge in [-0.25, -0.2) is 12.8 Å².